The number of nitrogens with one attached hydrogen (secondary N) is 2. The Kier molecular flexibility index (Phi) is 5.53. The molecule has 4 N–H and O–H groups in total. The molecule has 0 fully saturated rings. The van der Waals surface area contributed by atoms with Gasteiger partial charge in [-0.3, -0.25) is 9.59 Å². The Hall–Kier alpha value is -1.59. The second-order valence-corrected chi connectivity index (χ2v) is 5.36. The first kappa shape index (κ1) is 16.5. The summed E-state index contributed by atoms with van der Waals surface area (Å²) in [7, 11) is 0. The van der Waals surface area contributed by atoms with Crippen molar-refractivity contribution in [1.82, 2.24) is 0 Å². The van der Waals surface area contributed by atoms with Crippen LogP contribution in [0, 0.1) is 5.41 Å². The number of benzene rings is 1. The molecule has 20 heavy (non-hydrogen) atoms. The van der Waals surface area contributed by atoms with Crippen molar-refractivity contribution in [3.63, 3.8) is 0 Å². The molecule has 1 aromatic carbocycles. The summed E-state index contributed by atoms with van der Waals surface area (Å²) in [5.74, 6) is -0.351. The zero-order valence-corrected chi connectivity index (χ0v) is 12.7. The molecule has 1 aromatic rings. The molecule has 0 aliphatic rings. The molecular weight excluding hydrogens is 278 g/mol. The lowest BCUT2D eigenvalue weighted by Gasteiger charge is -2.25. The predicted octanol–water partition coefficient (Wildman–Crippen LogP) is 2.61. The summed E-state index contributed by atoms with van der Waals surface area (Å²) in [6.07, 6.45) is 0.646. The second-order valence-electron chi connectivity index (χ2n) is 4.95. The largest absolute Gasteiger partial charge is 0.329 e. The summed E-state index contributed by atoms with van der Waals surface area (Å²) >= 11 is 6.05. The summed E-state index contributed by atoms with van der Waals surface area (Å²) in [4.78, 5) is 23.2. The molecule has 6 heteroatoms. The topological polar surface area (TPSA) is 84.2 Å². The van der Waals surface area contributed by atoms with Crippen LogP contribution in [0.2, 0.25) is 5.02 Å². The first-order valence-corrected chi connectivity index (χ1v) is 6.79. The molecule has 0 aliphatic heterocycles. The first-order valence-electron chi connectivity index (χ1n) is 6.41. The van der Waals surface area contributed by atoms with E-state index in [1.165, 1.54) is 6.92 Å². The van der Waals surface area contributed by atoms with E-state index < -0.39 is 5.41 Å². The zero-order chi connectivity index (χ0) is 15.3. The van der Waals surface area contributed by atoms with Gasteiger partial charge in [0.2, 0.25) is 11.8 Å². The lowest BCUT2D eigenvalue weighted by atomic mass is 9.86. The highest BCUT2D eigenvalue weighted by molar-refractivity contribution is 6.34. The van der Waals surface area contributed by atoms with Gasteiger partial charge in [-0.2, -0.15) is 0 Å². The Balaban J connectivity index is 2.87. The van der Waals surface area contributed by atoms with E-state index in [1.54, 1.807) is 18.2 Å². The molecule has 1 unspecified atom stereocenters. The Morgan fingerprint density at radius 1 is 1.35 bits per heavy atom. The Labute approximate surface area is 123 Å². The average molecular weight is 298 g/mol. The minimum absolute atomic E-state index is 0.147. The zero-order valence-electron chi connectivity index (χ0n) is 11.9. The number of anilines is 2. The summed E-state index contributed by atoms with van der Waals surface area (Å²) in [5.41, 5.74) is 6.12. The van der Waals surface area contributed by atoms with Crippen molar-refractivity contribution >= 4 is 34.8 Å². The quantitative estimate of drug-likeness (QED) is 0.781. The maximum atomic E-state index is 12.2. The van der Waals surface area contributed by atoms with Crippen LogP contribution in [-0.2, 0) is 9.59 Å². The van der Waals surface area contributed by atoms with Crippen molar-refractivity contribution in [3.8, 4) is 0 Å². The van der Waals surface area contributed by atoms with Crippen molar-refractivity contribution < 1.29 is 9.59 Å². The Morgan fingerprint density at radius 2 is 2.00 bits per heavy atom. The van der Waals surface area contributed by atoms with Crippen LogP contribution in [0.4, 0.5) is 11.4 Å². The van der Waals surface area contributed by atoms with Gasteiger partial charge in [-0.05, 0) is 31.5 Å². The van der Waals surface area contributed by atoms with Gasteiger partial charge in [-0.1, -0.05) is 18.5 Å². The molecule has 0 heterocycles. The second kappa shape index (κ2) is 6.72. The van der Waals surface area contributed by atoms with E-state index in [9.17, 15) is 9.59 Å². The number of carbonyl (C=O) groups excluding carboxylic acids is 2. The van der Waals surface area contributed by atoms with Gasteiger partial charge >= 0.3 is 0 Å². The van der Waals surface area contributed by atoms with Gasteiger partial charge in [0, 0.05) is 19.2 Å². The summed E-state index contributed by atoms with van der Waals surface area (Å²) in [6.45, 7) is 5.40. The molecule has 0 spiro atoms. The predicted molar refractivity (Wildman–Crippen MR) is 81.8 cm³/mol. The summed E-state index contributed by atoms with van der Waals surface area (Å²) in [5, 5.41) is 5.76. The van der Waals surface area contributed by atoms with Gasteiger partial charge in [0.1, 0.15) is 0 Å². The Morgan fingerprint density at radius 3 is 2.45 bits per heavy atom. The van der Waals surface area contributed by atoms with Crippen LogP contribution in [0.15, 0.2) is 18.2 Å². The van der Waals surface area contributed by atoms with Crippen molar-refractivity contribution in [3.05, 3.63) is 23.2 Å². The molecule has 2 amide bonds. The van der Waals surface area contributed by atoms with E-state index in [1.807, 2.05) is 13.8 Å². The molecule has 0 aliphatic carbocycles. The van der Waals surface area contributed by atoms with Gasteiger partial charge in [0.25, 0.3) is 0 Å². The molecule has 110 valence electrons. The number of amides is 2. The fraction of sp³-hybridized carbons (Fsp3) is 0.429. The highest BCUT2D eigenvalue weighted by atomic mass is 35.5. The van der Waals surface area contributed by atoms with Crippen LogP contribution in [0.5, 0.6) is 0 Å². The molecule has 0 aromatic heterocycles. The molecule has 0 saturated carbocycles. The van der Waals surface area contributed by atoms with Crippen molar-refractivity contribution in [1.29, 1.82) is 0 Å². The fourth-order valence-electron chi connectivity index (χ4n) is 1.56. The minimum atomic E-state index is -0.608. The lowest BCUT2D eigenvalue weighted by Crippen LogP contribution is -2.39. The van der Waals surface area contributed by atoms with Crippen molar-refractivity contribution in [2.45, 2.75) is 27.2 Å². The van der Waals surface area contributed by atoms with E-state index >= 15 is 0 Å². The van der Waals surface area contributed by atoms with Gasteiger partial charge < -0.3 is 16.4 Å². The van der Waals surface area contributed by atoms with Crippen LogP contribution >= 0.6 is 11.6 Å². The monoisotopic (exact) mass is 297 g/mol. The Bertz CT molecular complexity index is 513. The lowest BCUT2D eigenvalue weighted by molar-refractivity contribution is -0.124. The number of rotatable bonds is 5. The van der Waals surface area contributed by atoms with Crippen LogP contribution in [-0.4, -0.2) is 18.4 Å². The number of hydrogen-bond donors (Lipinski definition) is 3. The molecule has 0 radical (unpaired) electrons. The van der Waals surface area contributed by atoms with Crippen LogP contribution < -0.4 is 16.4 Å². The summed E-state index contributed by atoms with van der Waals surface area (Å²) in [6, 6.07) is 4.92. The summed E-state index contributed by atoms with van der Waals surface area (Å²) < 4.78 is 0. The normalized spacial score (nSPS) is 13.4. The third kappa shape index (κ3) is 3.95. The van der Waals surface area contributed by atoms with Crippen LogP contribution in [0.3, 0.4) is 0 Å². The maximum Gasteiger partial charge on any atom is 0.231 e. The van der Waals surface area contributed by atoms with Crippen molar-refractivity contribution in [2.24, 2.45) is 11.1 Å². The van der Waals surface area contributed by atoms with E-state index in [4.69, 9.17) is 17.3 Å². The minimum Gasteiger partial charge on any atom is -0.329 e. The molecule has 5 nitrogen and oxygen atoms in total. The molecule has 0 bridgehead atoms. The number of carbonyl (C=O) groups is 2. The molecule has 0 saturated heterocycles. The van der Waals surface area contributed by atoms with Gasteiger partial charge in [0.05, 0.1) is 16.1 Å². The fourth-order valence-corrected chi connectivity index (χ4v) is 1.79. The number of hydrogen-bond acceptors (Lipinski definition) is 3. The maximum absolute atomic E-state index is 12.2. The van der Waals surface area contributed by atoms with Gasteiger partial charge in [0.15, 0.2) is 0 Å². The van der Waals surface area contributed by atoms with Gasteiger partial charge in [-0.25, -0.2) is 0 Å². The van der Waals surface area contributed by atoms with Gasteiger partial charge in [-0.15, -0.1) is 0 Å². The third-order valence-electron chi connectivity index (χ3n) is 3.32. The third-order valence-corrected chi connectivity index (χ3v) is 3.63. The number of nitrogens with two attached hydrogens (primary N) is 1. The van der Waals surface area contributed by atoms with Crippen LogP contribution in [0.25, 0.3) is 0 Å². The SMILES string of the molecule is CCC(C)(CN)C(=O)Nc1ccc(NC(C)=O)c(Cl)c1. The van der Waals surface area contributed by atoms with E-state index in [0.717, 1.165) is 0 Å². The highest BCUT2D eigenvalue weighted by Crippen LogP contribution is 2.27. The first-order chi connectivity index (χ1) is 9.32. The smallest absolute Gasteiger partial charge is 0.231 e. The average Bonchev–Trinajstić information content (AvgIpc) is 2.40. The van der Waals surface area contributed by atoms with Crippen LogP contribution in [0.1, 0.15) is 27.2 Å². The van der Waals surface area contributed by atoms with E-state index in [0.29, 0.717) is 22.8 Å². The standard InChI is InChI=1S/C14H20ClN3O2/c1-4-14(3,8-16)13(20)18-10-5-6-12(11(15)7-10)17-9(2)19/h5-7H,4,8,16H2,1-3H3,(H,17,19)(H,18,20). The number of halogens is 1. The van der Waals surface area contributed by atoms with E-state index in [2.05, 4.69) is 10.6 Å². The molecular formula is C14H20ClN3O2. The van der Waals surface area contributed by atoms with E-state index in [-0.39, 0.29) is 18.4 Å². The molecule has 1 rings (SSSR count). The highest BCUT2D eigenvalue weighted by Gasteiger charge is 2.29. The van der Waals surface area contributed by atoms with Crippen molar-refractivity contribution in [2.75, 3.05) is 17.2 Å². The molecule has 1 atom stereocenters.